The molecule has 3 heterocycles. The van der Waals surface area contributed by atoms with Crippen LogP contribution in [0.15, 0.2) is 6.33 Å². The van der Waals surface area contributed by atoms with E-state index in [1.165, 1.54) is 4.90 Å². The minimum absolute atomic E-state index is 0.0931. The van der Waals surface area contributed by atoms with Crippen molar-refractivity contribution in [1.29, 1.82) is 0 Å². The number of carbonyl (C=O) groups is 1. The van der Waals surface area contributed by atoms with Crippen LogP contribution in [0.1, 0.15) is 24.2 Å². The lowest BCUT2D eigenvalue weighted by atomic mass is 10.0. The largest absolute Gasteiger partial charge is 0.389 e. The van der Waals surface area contributed by atoms with Gasteiger partial charge in [-0.25, -0.2) is 13.4 Å². The third-order valence-electron chi connectivity index (χ3n) is 5.02. The minimum Gasteiger partial charge on any atom is -0.348 e. The summed E-state index contributed by atoms with van der Waals surface area (Å²) in [6.07, 6.45) is -4.69. The van der Waals surface area contributed by atoms with Crippen LogP contribution in [0.5, 0.6) is 0 Å². The van der Waals surface area contributed by atoms with Crippen molar-refractivity contribution < 1.29 is 26.4 Å². The molecule has 7 nitrogen and oxygen atoms in total. The average molecular weight is 394 g/mol. The Labute approximate surface area is 149 Å². The van der Waals surface area contributed by atoms with E-state index in [0.717, 1.165) is 11.4 Å². The van der Waals surface area contributed by atoms with Crippen LogP contribution in [0.3, 0.4) is 0 Å². The van der Waals surface area contributed by atoms with Crippen molar-refractivity contribution in [2.24, 2.45) is 0 Å². The van der Waals surface area contributed by atoms with Crippen LogP contribution in [-0.4, -0.2) is 76.9 Å². The first-order chi connectivity index (χ1) is 12.1. The molecule has 0 aromatic carbocycles. The lowest BCUT2D eigenvalue weighted by Crippen LogP contribution is -2.60. The highest BCUT2D eigenvalue weighted by atomic mass is 32.2. The third-order valence-corrected chi connectivity index (χ3v) is 6.72. The number of carbonyl (C=O) groups excluding carboxylic acids is 1. The van der Waals surface area contributed by atoms with Gasteiger partial charge in [0.05, 0.1) is 36.0 Å². The number of amides is 1. The van der Waals surface area contributed by atoms with Crippen molar-refractivity contribution in [1.82, 2.24) is 19.8 Å². The predicted molar refractivity (Wildman–Crippen MR) is 87.0 cm³/mol. The van der Waals surface area contributed by atoms with Gasteiger partial charge in [-0.3, -0.25) is 9.69 Å². The van der Waals surface area contributed by atoms with Crippen LogP contribution in [0.4, 0.5) is 13.2 Å². The van der Waals surface area contributed by atoms with Gasteiger partial charge in [-0.1, -0.05) is 0 Å². The molecular formula is C15H21F3N4O3S. The first-order valence-corrected chi connectivity index (χ1v) is 10.2. The Hall–Kier alpha value is -1.62. The summed E-state index contributed by atoms with van der Waals surface area (Å²) in [6, 6.07) is -1.02. The smallest absolute Gasteiger partial charge is 0.348 e. The van der Waals surface area contributed by atoms with Crippen molar-refractivity contribution in [3.05, 3.63) is 17.7 Å². The number of imidazole rings is 1. The second kappa shape index (κ2) is 6.84. The summed E-state index contributed by atoms with van der Waals surface area (Å²) in [5.74, 6) is -0.930. The average Bonchev–Trinajstić information content (AvgIpc) is 3.06. The summed E-state index contributed by atoms with van der Waals surface area (Å²) in [7, 11) is -3.35. The molecule has 11 heteroatoms. The number of halogens is 3. The molecule has 0 spiro atoms. The Morgan fingerprint density at radius 1 is 1.31 bits per heavy atom. The van der Waals surface area contributed by atoms with Crippen molar-refractivity contribution in [2.45, 2.75) is 44.6 Å². The zero-order valence-electron chi connectivity index (χ0n) is 14.3. The number of nitrogens with one attached hydrogen (secondary N) is 1. The van der Waals surface area contributed by atoms with Crippen LogP contribution in [0.2, 0.25) is 0 Å². The van der Waals surface area contributed by atoms with Crippen LogP contribution in [0.25, 0.3) is 0 Å². The molecule has 1 aromatic rings. The molecule has 1 amide bonds. The van der Waals surface area contributed by atoms with Gasteiger partial charge in [0.15, 0.2) is 9.84 Å². The lowest BCUT2D eigenvalue weighted by molar-refractivity contribution is -0.152. The number of nitrogens with zero attached hydrogens (tertiary/aromatic N) is 3. The molecule has 0 aliphatic carbocycles. The molecule has 0 unspecified atom stereocenters. The highest BCUT2D eigenvalue weighted by molar-refractivity contribution is 7.91. The van der Waals surface area contributed by atoms with Crippen molar-refractivity contribution >= 4 is 15.7 Å². The molecule has 0 bridgehead atoms. The Kier molecular flexibility index (Phi) is 5.04. The number of hydrogen-bond acceptors (Lipinski definition) is 5. The number of rotatable bonds is 4. The van der Waals surface area contributed by atoms with Gasteiger partial charge in [-0.2, -0.15) is 13.2 Å². The molecule has 1 N–H and O–H groups in total. The maximum atomic E-state index is 12.4. The first-order valence-electron chi connectivity index (χ1n) is 8.35. The summed E-state index contributed by atoms with van der Waals surface area (Å²) < 4.78 is 61.5. The van der Waals surface area contributed by atoms with Crippen LogP contribution in [-0.2, 0) is 21.2 Å². The van der Waals surface area contributed by atoms with Gasteiger partial charge in [-0.15, -0.1) is 0 Å². The van der Waals surface area contributed by atoms with Gasteiger partial charge < -0.3 is 9.88 Å². The number of aromatic nitrogens is 2. The SMILES string of the molecule is Cc1[nH]cnc1CN1CCN(C(=O)CCC(F)(F)F)[C@H]2CS(=O)(=O)C[C@H]21. The summed E-state index contributed by atoms with van der Waals surface area (Å²) in [4.78, 5) is 22.7. The fraction of sp³-hybridized carbons (Fsp3) is 0.733. The van der Waals surface area contributed by atoms with E-state index >= 15 is 0 Å². The maximum Gasteiger partial charge on any atom is 0.389 e. The minimum atomic E-state index is -4.41. The van der Waals surface area contributed by atoms with Crippen LogP contribution < -0.4 is 0 Å². The molecule has 2 atom stereocenters. The Morgan fingerprint density at radius 2 is 2.00 bits per heavy atom. The molecule has 1 aromatic heterocycles. The Bertz CT molecular complexity index is 777. The summed E-state index contributed by atoms with van der Waals surface area (Å²) in [6.45, 7) is 2.93. The fourth-order valence-corrected chi connectivity index (χ4v) is 5.67. The number of H-pyrrole nitrogens is 1. The van der Waals surface area contributed by atoms with Gasteiger partial charge in [-0.05, 0) is 6.92 Å². The van der Waals surface area contributed by atoms with E-state index in [4.69, 9.17) is 0 Å². The van der Waals surface area contributed by atoms with E-state index in [-0.39, 0.29) is 18.1 Å². The number of sulfone groups is 1. The van der Waals surface area contributed by atoms with Gasteiger partial charge in [0.25, 0.3) is 0 Å². The second-order valence-corrected chi connectivity index (χ2v) is 9.01. The number of fused-ring (bicyclic) bond motifs is 1. The summed E-state index contributed by atoms with van der Waals surface area (Å²) in [5, 5.41) is 0. The van der Waals surface area contributed by atoms with E-state index in [1.807, 2.05) is 11.8 Å². The molecule has 26 heavy (non-hydrogen) atoms. The normalized spacial score (nSPS) is 26.1. The molecule has 0 saturated carbocycles. The molecule has 2 saturated heterocycles. The first kappa shape index (κ1) is 19.2. The number of aryl methyl sites for hydroxylation is 1. The van der Waals surface area contributed by atoms with Gasteiger partial charge in [0.1, 0.15) is 0 Å². The Morgan fingerprint density at radius 3 is 2.62 bits per heavy atom. The van der Waals surface area contributed by atoms with E-state index in [9.17, 15) is 26.4 Å². The molecule has 146 valence electrons. The number of piperazine rings is 1. The van der Waals surface area contributed by atoms with Crippen molar-refractivity contribution in [2.75, 3.05) is 24.6 Å². The molecule has 0 radical (unpaired) electrons. The summed E-state index contributed by atoms with van der Waals surface area (Å²) in [5.41, 5.74) is 1.68. The fourth-order valence-electron chi connectivity index (χ4n) is 3.66. The molecular weight excluding hydrogens is 373 g/mol. The number of aromatic amines is 1. The quantitative estimate of drug-likeness (QED) is 0.819. The van der Waals surface area contributed by atoms with Crippen LogP contribution >= 0.6 is 0 Å². The molecule has 2 aliphatic heterocycles. The van der Waals surface area contributed by atoms with E-state index < -0.39 is 46.8 Å². The lowest BCUT2D eigenvalue weighted by Gasteiger charge is -2.43. The van der Waals surface area contributed by atoms with E-state index in [0.29, 0.717) is 13.1 Å². The topological polar surface area (TPSA) is 86.4 Å². The highest BCUT2D eigenvalue weighted by Gasteiger charge is 2.48. The number of hydrogen-bond donors (Lipinski definition) is 1. The van der Waals surface area contributed by atoms with Crippen LogP contribution in [0, 0.1) is 6.92 Å². The maximum absolute atomic E-state index is 12.4. The molecule has 2 aliphatic rings. The van der Waals surface area contributed by atoms with Gasteiger partial charge in [0.2, 0.25) is 5.91 Å². The van der Waals surface area contributed by atoms with Gasteiger partial charge in [0, 0.05) is 37.8 Å². The number of alkyl halides is 3. The zero-order valence-corrected chi connectivity index (χ0v) is 15.1. The second-order valence-electron chi connectivity index (χ2n) is 6.86. The highest BCUT2D eigenvalue weighted by Crippen LogP contribution is 2.30. The van der Waals surface area contributed by atoms with Gasteiger partial charge >= 0.3 is 6.18 Å². The standard InChI is InChI=1S/C15H21F3N4O3S/c1-10-11(20-9-19-10)6-21-4-5-22(14(23)2-3-15(16,17)18)13-8-26(24,25)7-12(13)21/h9,12-13H,2-8H2,1H3,(H,19,20)/t12-,13+/m1/s1. The zero-order chi connectivity index (χ0) is 19.1. The third kappa shape index (κ3) is 4.20. The van der Waals surface area contributed by atoms with Crippen molar-refractivity contribution in [3.8, 4) is 0 Å². The predicted octanol–water partition coefficient (Wildman–Crippen LogP) is 0.870. The van der Waals surface area contributed by atoms with E-state index in [2.05, 4.69) is 9.97 Å². The van der Waals surface area contributed by atoms with E-state index in [1.54, 1.807) is 6.33 Å². The molecule has 2 fully saturated rings. The summed E-state index contributed by atoms with van der Waals surface area (Å²) >= 11 is 0. The Balaban J connectivity index is 1.74. The van der Waals surface area contributed by atoms with Crippen molar-refractivity contribution in [3.63, 3.8) is 0 Å². The molecule has 3 rings (SSSR count). The monoisotopic (exact) mass is 394 g/mol.